The molecule has 1 amide bonds. The average Bonchev–Trinajstić information content (AvgIpc) is 3.55. The molecule has 2 aliphatic rings. The number of methoxy groups -OCH3 is 1. The van der Waals surface area contributed by atoms with Gasteiger partial charge in [-0.05, 0) is 36.5 Å². The highest BCUT2D eigenvalue weighted by Gasteiger charge is 2.27. The van der Waals surface area contributed by atoms with Crippen molar-refractivity contribution < 1.29 is 28.7 Å². The van der Waals surface area contributed by atoms with E-state index in [1.54, 1.807) is 24.3 Å². The van der Waals surface area contributed by atoms with Gasteiger partial charge in [-0.1, -0.05) is 50.7 Å². The van der Waals surface area contributed by atoms with Crippen LogP contribution in [0.5, 0.6) is 0 Å². The quantitative estimate of drug-likeness (QED) is 0.326. The summed E-state index contributed by atoms with van der Waals surface area (Å²) in [6.07, 6.45) is 8.70. The van der Waals surface area contributed by atoms with Gasteiger partial charge in [0.05, 0.1) is 12.7 Å². The lowest BCUT2D eigenvalue weighted by Crippen LogP contribution is -2.33. The predicted molar refractivity (Wildman–Crippen MR) is 127 cm³/mol. The Hall–Kier alpha value is -3.22. The van der Waals surface area contributed by atoms with Gasteiger partial charge in [0.25, 0.3) is 12.4 Å². The number of ether oxygens (including phenoxy) is 2. The van der Waals surface area contributed by atoms with Crippen LogP contribution in [0, 0.1) is 5.92 Å². The smallest absolute Gasteiger partial charge is 0.338 e. The zero-order chi connectivity index (χ0) is 24.1. The summed E-state index contributed by atoms with van der Waals surface area (Å²) in [5.74, 6) is -0.577. The molecule has 2 fully saturated rings. The maximum atomic E-state index is 13.4. The minimum absolute atomic E-state index is 0.0572. The maximum absolute atomic E-state index is 13.4. The van der Waals surface area contributed by atoms with E-state index in [1.807, 2.05) is 0 Å². The molecule has 4 rings (SSSR count). The number of carbonyl (C=O) groups excluding carboxylic acids is 4. The first kappa shape index (κ1) is 23.9. The number of benzene rings is 2. The molecule has 34 heavy (non-hydrogen) atoms. The number of Topliss-reactive ketones (excluding diaryl/α,β-unsaturated/α-hetero) is 1. The largest absolute Gasteiger partial charge is 0.465 e. The van der Waals surface area contributed by atoms with E-state index in [0.29, 0.717) is 46.3 Å². The number of hydrogen-bond acceptors (Lipinski definition) is 6. The number of fused-ring (bicyclic) bond motifs is 1. The van der Waals surface area contributed by atoms with E-state index in [4.69, 9.17) is 9.47 Å². The van der Waals surface area contributed by atoms with Gasteiger partial charge in [-0.3, -0.25) is 14.4 Å². The molecule has 0 unspecified atom stereocenters. The lowest BCUT2D eigenvalue weighted by atomic mass is 9.87. The highest BCUT2D eigenvalue weighted by molar-refractivity contribution is 6.20. The molecule has 1 N–H and O–H groups in total. The van der Waals surface area contributed by atoms with Gasteiger partial charge < -0.3 is 14.8 Å². The predicted octanol–water partition coefficient (Wildman–Crippen LogP) is 4.73. The Labute approximate surface area is 199 Å². The van der Waals surface area contributed by atoms with Crippen molar-refractivity contribution in [2.75, 3.05) is 7.11 Å². The number of hydrogen-bond donors (Lipinski definition) is 1. The summed E-state index contributed by atoms with van der Waals surface area (Å²) in [4.78, 5) is 50.4. The number of amides is 1. The van der Waals surface area contributed by atoms with Crippen LogP contribution in [0.2, 0.25) is 0 Å². The SMILES string of the molecule is COC(=O)c1ccc(C(=O)NC2CCCC2)c2c(COC=O)ccc(C(=O)CC3CCCC3)c12. The molecule has 2 aromatic rings. The Bertz CT molecular complexity index is 1100. The molecule has 7 heteroatoms. The molecule has 2 aliphatic carbocycles. The molecule has 0 aliphatic heterocycles. The monoisotopic (exact) mass is 465 g/mol. The van der Waals surface area contributed by atoms with Gasteiger partial charge in [-0.15, -0.1) is 0 Å². The Balaban J connectivity index is 1.87. The van der Waals surface area contributed by atoms with Crippen molar-refractivity contribution in [2.24, 2.45) is 5.92 Å². The van der Waals surface area contributed by atoms with Gasteiger partial charge in [-0.2, -0.15) is 0 Å². The topological polar surface area (TPSA) is 98.8 Å². The Morgan fingerprint density at radius 1 is 0.912 bits per heavy atom. The maximum Gasteiger partial charge on any atom is 0.338 e. The van der Waals surface area contributed by atoms with Crippen LogP contribution in [0.4, 0.5) is 0 Å². The Morgan fingerprint density at radius 3 is 2.24 bits per heavy atom. The third-order valence-corrected chi connectivity index (χ3v) is 7.14. The van der Waals surface area contributed by atoms with E-state index in [-0.39, 0.29) is 29.9 Å². The van der Waals surface area contributed by atoms with E-state index in [0.717, 1.165) is 51.4 Å². The van der Waals surface area contributed by atoms with Crippen molar-refractivity contribution in [3.8, 4) is 0 Å². The van der Waals surface area contributed by atoms with Gasteiger partial charge in [0.1, 0.15) is 6.61 Å². The zero-order valence-electron chi connectivity index (χ0n) is 19.6. The van der Waals surface area contributed by atoms with Crippen molar-refractivity contribution in [1.82, 2.24) is 5.32 Å². The molecule has 0 heterocycles. The molecule has 0 aromatic heterocycles. The molecule has 7 nitrogen and oxygen atoms in total. The van der Waals surface area contributed by atoms with Crippen molar-refractivity contribution in [3.63, 3.8) is 0 Å². The minimum atomic E-state index is -0.587. The van der Waals surface area contributed by atoms with Gasteiger partial charge in [0.15, 0.2) is 5.78 Å². The van der Waals surface area contributed by atoms with Gasteiger partial charge in [0.2, 0.25) is 0 Å². The summed E-state index contributed by atoms with van der Waals surface area (Å²) in [5, 5.41) is 3.94. The summed E-state index contributed by atoms with van der Waals surface area (Å²) in [7, 11) is 1.29. The van der Waals surface area contributed by atoms with E-state index < -0.39 is 5.97 Å². The van der Waals surface area contributed by atoms with E-state index >= 15 is 0 Å². The van der Waals surface area contributed by atoms with Crippen LogP contribution >= 0.6 is 0 Å². The van der Waals surface area contributed by atoms with Crippen LogP contribution in [0.1, 0.15) is 94.4 Å². The van der Waals surface area contributed by atoms with Gasteiger partial charge >= 0.3 is 5.97 Å². The highest BCUT2D eigenvalue weighted by atomic mass is 16.5. The van der Waals surface area contributed by atoms with E-state index in [2.05, 4.69) is 5.32 Å². The summed E-state index contributed by atoms with van der Waals surface area (Å²) in [6, 6.07) is 6.63. The number of rotatable bonds is 9. The van der Waals surface area contributed by atoms with Crippen LogP contribution < -0.4 is 5.32 Å². The van der Waals surface area contributed by atoms with Gasteiger partial charge in [-0.25, -0.2) is 4.79 Å². The summed E-state index contributed by atoms with van der Waals surface area (Å²) >= 11 is 0. The van der Waals surface area contributed by atoms with Crippen molar-refractivity contribution >= 4 is 34.9 Å². The van der Waals surface area contributed by atoms with Crippen molar-refractivity contribution in [1.29, 1.82) is 0 Å². The second-order valence-corrected chi connectivity index (χ2v) is 9.31. The van der Waals surface area contributed by atoms with Gasteiger partial charge in [0, 0.05) is 34.4 Å². The molecule has 0 atom stereocenters. The molecular weight excluding hydrogens is 434 g/mol. The van der Waals surface area contributed by atoms with Crippen LogP contribution in [-0.4, -0.2) is 37.3 Å². The summed E-state index contributed by atoms with van der Waals surface area (Å²) in [6.45, 7) is 0.263. The Kier molecular flexibility index (Phi) is 7.60. The lowest BCUT2D eigenvalue weighted by Gasteiger charge is -2.19. The lowest BCUT2D eigenvalue weighted by molar-refractivity contribution is -0.129. The minimum Gasteiger partial charge on any atom is -0.465 e. The fraction of sp³-hybridized carbons (Fsp3) is 0.481. The van der Waals surface area contributed by atoms with Crippen LogP contribution in [0.25, 0.3) is 10.8 Å². The molecular formula is C27H31NO6. The summed E-state index contributed by atoms with van der Waals surface area (Å²) < 4.78 is 10.0. The van der Waals surface area contributed by atoms with Crippen LogP contribution in [0.3, 0.4) is 0 Å². The third kappa shape index (κ3) is 4.98. The number of carbonyl (C=O) groups is 4. The molecule has 180 valence electrons. The number of esters is 1. The summed E-state index contributed by atoms with van der Waals surface area (Å²) in [5.41, 5.74) is 1.53. The molecule has 0 radical (unpaired) electrons. The third-order valence-electron chi connectivity index (χ3n) is 7.14. The Morgan fingerprint density at radius 2 is 1.56 bits per heavy atom. The van der Waals surface area contributed by atoms with Crippen LogP contribution in [-0.2, 0) is 20.9 Å². The molecule has 0 bridgehead atoms. The highest BCUT2D eigenvalue weighted by Crippen LogP contribution is 2.34. The standard InChI is InChI=1S/C27H31NO6/c1-33-27(32)22-13-12-21(26(31)28-19-8-4-5-9-19)24-18(15-34-16-29)10-11-20(25(22)24)23(30)14-17-6-2-3-7-17/h10-13,16-17,19H,2-9,14-15H2,1H3,(H,28,31). The molecule has 0 saturated heterocycles. The normalized spacial score (nSPS) is 16.5. The molecule has 2 aromatic carbocycles. The molecule has 0 spiro atoms. The molecule has 2 saturated carbocycles. The first-order valence-electron chi connectivity index (χ1n) is 12.1. The average molecular weight is 466 g/mol. The number of ketones is 1. The van der Waals surface area contributed by atoms with Crippen molar-refractivity contribution in [2.45, 2.75) is 70.4 Å². The second-order valence-electron chi connectivity index (χ2n) is 9.31. The van der Waals surface area contributed by atoms with Crippen molar-refractivity contribution in [3.05, 3.63) is 46.5 Å². The van der Waals surface area contributed by atoms with Crippen LogP contribution in [0.15, 0.2) is 24.3 Å². The first-order chi connectivity index (χ1) is 16.5. The fourth-order valence-corrected chi connectivity index (χ4v) is 5.43. The second kappa shape index (κ2) is 10.8. The fourth-order valence-electron chi connectivity index (χ4n) is 5.43. The number of nitrogens with one attached hydrogen (secondary N) is 1. The van der Waals surface area contributed by atoms with E-state index in [1.165, 1.54) is 7.11 Å². The first-order valence-corrected chi connectivity index (χ1v) is 12.1. The zero-order valence-corrected chi connectivity index (χ0v) is 19.6. The van der Waals surface area contributed by atoms with E-state index in [9.17, 15) is 19.2 Å².